The Morgan fingerprint density at radius 3 is 2.48 bits per heavy atom. The predicted octanol–water partition coefficient (Wildman–Crippen LogP) is 5.54. The summed E-state index contributed by atoms with van der Waals surface area (Å²) in [5, 5.41) is 3.26. The van der Waals surface area contributed by atoms with Crippen LogP contribution in [-0.4, -0.2) is 41.6 Å². The van der Waals surface area contributed by atoms with Gasteiger partial charge >= 0.3 is 6.09 Å². The highest BCUT2D eigenvalue weighted by Crippen LogP contribution is 2.32. The van der Waals surface area contributed by atoms with Gasteiger partial charge in [-0.3, -0.25) is 4.79 Å². The van der Waals surface area contributed by atoms with Gasteiger partial charge in [-0.15, -0.1) is 0 Å². The van der Waals surface area contributed by atoms with E-state index in [1.807, 2.05) is 65.0 Å². The van der Waals surface area contributed by atoms with Crippen LogP contribution < -0.4 is 5.32 Å². The Labute approximate surface area is 196 Å². The minimum absolute atomic E-state index is 0.0239. The lowest BCUT2D eigenvalue weighted by Gasteiger charge is -2.40. The number of ether oxygens (including phenoxy) is 1. The number of hydrogen-bond donors (Lipinski definition) is 1. The smallest absolute Gasteiger partial charge is 0.410 e. The predicted molar refractivity (Wildman–Crippen MR) is 128 cm³/mol. The van der Waals surface area contributed by atoms with E-state index in [-0.39, 0.29) is 35.7 Å². The van der Waals surface area contributed by atoms with Crippen molar-refractivity contribution in [1.29, 1.82) is 0 Å². The molecule has 2 aromatic carbocycles. The summed E-state index contributed by atoms with van der Waals surface area (Å²) in [6, 6.07) is 14.3. The summed E-state index contributed by atoms with van der Waals surface area (Å²) in [5.74, 6) is -0.731. The van der Waals surface area contributed by atoms with Crippen LogP contribution in [-0.2, 0) is 9.53 Å². The molecule has 1 N–H and O–H groups in total. The summed E-state index contributed by atoms with van der Waals surface area (Å²) in [4.78, 5) is 27.7. The first kappa shape index (κ1) is 24.7. The molecule has 1 fully saturated rings. The molecule has 0 saturated carbocycles. The number of amides is 2. The van der Waals surface area contributed by atoms with Crippen molar-refractivity contribution in [2.75, 3.05) is 13.1 Å². The second-order valence-corrected chi connectivity index (χ2v) is 9.81. The molecule has 3 unspecified atom stereocenters. The molecular formula is C27H35FN2O3. The molecule has 5 nitrogen and oxygen atoms in total. The number of carbonyl (C=O) groups is 2. The molecule has 33 heavy (non-hydrogen) atoms. The zero-order valence-corrected chi connectivity index (χ0v) is 20.2. The minimum atomic E-state index is -0.590. The first-order chi connectivity index (χ1) is 15.6. The zero-order valence-electron chi connectivity index (χ0n) is 20.2. The number of hydrogen-bond acceptors (Lipinski definition) is 3. The lowest BCUT2D eigenvalue weighted by molar-refractivity contribution is -0.123. The molecule has 1 aliphatic heterocycles. The van der Waals surface area contributed by atoms with Crippen LogP contribution in [0.25, 0.3) is 0 Å². The first-order valence-electron chi connectivity index (χ1n) is 11.7. The number of rotatable bonds is 5. The van der Waals surface area contributed by atoms with Gasteiger partial charge in [0.25, 0.3) is 0 Å². The molecule has 0 bridgehead atoms. The molecular weight excluding hydrogens is 419 g/mol. The van der Waals surface area contributed by atoms with Crippen molar-refractivity contribution in [2.24, 2.45) is 0 Å². The Kier molecular flexibility index (Phi) is 7.77. The van der Waals surface area contributed by atoms with Crippen molar-refractivity contribution in [3.8, 4) is 0 Å². The van der Waals surface area contributed by atoms with E-state index in [0.717, 1.165) is 16.7 Å². The van der Waals surface area contributed by atoms with Crippen LogP contribution in [0.3, 0.4) is 0 Å². The molecule has 178 valence electrons. The highest BCUT2D eigenvalue weighted by Gasteiger charge is 2.36. The maximum Gasteiger partial charge on any atom is 0.410 e. The maximum absolute atomic E-state index is 13.8. The monoisotopic (exact) mass is 454 g/mol. The van der Waals surface area contributed by atoms with Crippen molar-refractivity contribution in [3.05, 3.63) is 71.0 Å². The molecule has 2 aromatic rings. The van der Waals surface area contributed by atoms with Gasteiger partial charge in [0, 0.05) is 25.0 Å². The highest BCUT2D eigenvalue weighted by molar-refractivity contribution is 5.84. The minimum Gasteiger partial charge on any atom is -0.444 e. The lowest BCUT2D eigenvalue weighted by Crippen LogP contribution is -2.52. The van der Waals surface area contributed by atoms with Crippen molar-refractivity contribution in [3.63, 3.8) is 0 Å². The van der Waals surface area contributed by atoms with E-state index in [2.05, 4.69) is 5.32 Å². The molecule has 3 atom stereocenters. The Bertz CT molecular complexity index is 971. The normalized spacial score (nSPS) is 19.6. The second kappa shape index (κ2) is 10.4. The molecule has 6 heteroatoms. The molecule has 0 radical (unpaired) electrons. The SMILES string of the molecule is CCC(C(=O)NC1CCN(C(=O)OC(C)(C)C)CC1c1ccc(F)cc1C)c1ccccc1. The van der Waals surface area contributed by atoms with Crippen molar-refractivity contribution >= 4 is 12.0 Å². The molecule has 0 aliphatic carbocycles. The van der Waals surface area contributed by atoms with Crippen LogP contribution in [0.4, 0.5) is 9.18 Å². The molecule has 0 aromatic heterocycles. The lowest BCUT2D eigenvalue weighted by atomic mass is 9.83. The number of halogens is 1. The Balaban J connectivity index is 1.84. The summed E-state index contributed by atoms with van der Waals surface area (Å²) in [7, 11) is 0. The number of nitrogens with zero attached hydrogens (tertiary/aromatic N) is 1. The van der Waals surface area contributed by atoms with Crippen LogP contribution in [0.1, 0.15) is 69.1 Å². The maximum atomic E-state index is 13.8. The Morgan fingerprint density at radius 1 is 1.18 bits per heavy atom. The molecule has 1 aliphatic rings. The van der Waals surface area contributed by atoms with E-state index in [9.17, 15) is 14.0 Å². The van der Waals surface area contributed by atoms with Gasteiger partial charge in [-0.1, -0.05) is 43.3 Å². The van der Waals surface area contributed by atoms with Gasteiger partial charge in [0.15, 0.2) is 0 Å². The van der Waals surface area contributed by atoms with E-state index in [4.69, 9.17) is 4.74 Å². The molecule has 0 spiro atoms. The average Bonchev–Trinajstić information content (AvgIpc) is 2.74. The van der Waals surface area contributed by atoms with Crippen LogP contribution in [0.15, 0.2) is 48.5 Å². The fraction of sp³-hybridized carbons (Fsp3) is 0.481. The van der Waals surface area contributed by atoms with Crippen LogP contribution in [0.2, 0.25) is 0 Å². The number of piperidine rings is 1. The number of likely N-dealkylation sites (tertiary alicyclic amines) is 1. The summed E-state index contributed by atoms with van der Waals surface area (Å²) >= 11 is 0. The largest absolute Gasteiger partial charge is 0.444 e. The number of benzene rings is 2. The molecule has 1 heterocycles. The van der Waals surface area contributed by atoms with Gasteiger partial charge in [-0.05, 0) is 69.4 Å². The van der Waals surface area contributed by atoms with E-state index in [1.54, 1.807) is 11.0 Å². The quantitative estimate of drug-likeness (QED) is 0.646. The summed E-state index contributed by atoms with van der Waals surface area (Å²) in [6.45, 7) is 10.3. The van der Waals surface area contributed by atoms with E-state index < -0.39 is 5.60 Å². The fourth-order valence-corrected chi connectivity index (χ4v) is 4.53. The number of nitrogens with one attached hydrogen (secondary N) is 1. The van der Waals surface area contributed by atoms with Crippen molar-refractivity contribution < 1.29 is 18.7 Å². The third-order valence-electron chi connectivity index (χ3n) is 6.15. The van der Waals surface area contributed by atoms with Gasteiger partial charge in [0.1, 0.15) is 11.4 Å². The summed E-state index contributed by atoms with van der Waals surface area (Å²) in [6.07, 6.45) is 0.914. The van der Waals surface area contributed by atoms with Crippen molar-refractivity contribution in [2.45, 2.75) is 70.9 Å². The fourth-order valence-electron chi connectivity index (χ4n) is 4.53. The van der Waals surface area contributed by atoms with Crippen LogP contribution in [0, 0.1) is 12.7 Å². The van der Waals surface area contributed by atoms with Crippen molar-refractivity contribution in [1.82, 2.24) is 10.2 Å². The van der Waals surface area contributed by atoms with Crippen LogP contribution in [0.5, 0.6) is 0 Å². The zero-order chi connectivity index (χ0) is 24.2. The summed E-state index contributed by atoms with van der Waals surface area (Å²) < 4.78 is 19.4. The third-order valence-corrected chi connectivity index (χ3v) is 6.15. The number of carbonyl (C=O) groups excluding carboxylic acids is 2. The van der Waals surface area contributed by atoms with Gasteiger partial charge in [-0.2, -0.15) is 0 Å². The Morgan fingerprint density at radius 2 is 1.88 bits per heavy atom. The van der Waals surface area contributed by atoms with Gasteiger partial charge in [0.05, 0.1) is 5.92 Å². The van der Waals surface area contributed by atoms with Crippen LogP contribution >= 0.6 is 0 Å². The molecule has 2 amide bonds. The molecule has 1 saturated heterocycles. The number of aryl methyl sites for hydroxylation is 1. The summed E-state index contributed by atoms with van der Waals surface area (Å²) in [5.41, 5.74) is 2.13. The van der Waals surface area contributed by atoms with E-state index >= 15 is 0 Å². The first-order valence-corrected chi connectivity index (χ1v) is 11.7. The standard InChI is InChI=1S/C27H35FN2O3/c1-6-21(19-10-8-7-9-11-19)25(31)29-24-14-15-30(26(32)33-27(3,4)5)17-23(24)22-13-12-20(28)16-18(22)2/h7-13,16,21,23-24H,6,14-15,17H2,1-5H3,(H,29,31). The highest BCUT2D eigenvalue weighted by atomic mass is 19.1. The topological polar surface area (TPSA) is 58.6 Å². The average molecular weight is 455 g/mol. The van der Waals surface area contributed by atoms with E-state index in [1.165, 1.54) is 12.1 Å². The van der Waals surface area contributed by atoms with Gasteiger partial charge < -0.3 is 15.0 Å². The Hall–Kier alpha value is -2.89. The third kappa shape index (κ3) is 6.34. The molecule has 3 rings (SSSR count). The van der Waals surface area contributed by atoms with Gasteiger partial charge in [-0.25, -0.2) is 9.18 Å². The van der Waals surface area contributed by atoms with E-state index in [0.29, 0.717) is 25.9 Å². The second-order valence-electron chi connectivity index (χ2n) is 9.81. The van der Waals surface area contributed by atoms with Gasteiger partial charge in [0.2, 0.25) is 5.91 Å².